The van der Waals surface area contributed by atoms with Gasteiger partial charge in [0, 0.05) is 36.1 Å². The standard InChI is InChI=1S/C27H22N8O2S/c1-3-4-22(37)31-17-9-15(11-28-13-17)16-10-18-23(34-35-26(18)30-12-16)27-32-19-7-8-29-25(24(19)33-27)21-6-5-20(38-21)14(2)36/h5-13H,3-4H2,1-2H3,(H,31,37)(H,32,33)(H,30,34,35). The molecule has 3 N–H and O–H groups in total. The number of amides is 1. The molecule has 188 valence electrons. The molecule has 0 aliphatic rings. The van der Waals surface area contributed by atoms with Crippen LogP contribution in [0.2, 0.25) is 0 Å². The van der Waals surface area contributed by atoms with Crippen molar-refractivity contribution in [2.24, 2.45) is 0 Å². The molecule has 6 aromatic rings. The van der Waals surface area contributed by atoms with Gasteiger partial charge in [-0.1, -0.05) is 6.92 Å². The second kappa shape index (κ2) is 9.60. The van der Waals surface area contributed by atoms with Gasteiger partial charge < -0.3 is 10.3 Å². The Labute approximate surface area is 220 Å². The van der Waals surface area contributed by atoms with Gasteiger partial charge in [0.2, 0.25) is 5.91 Å². The van der Waals surface area contributed by atoms with Crippen LogP contribution in [-0.4, -0.2) is 46.8 Å². The lowest BCUT2D eigenvalue weighted by molar-refractivity contribution is -0.116. The SMILES string of the molecule is CCCC(=O)Nc1cncc(-c2cnc3n[nH]c(-c4nc5c(-c6ccc(C(C)=O)s6)nccc5[nH]4)c3c2)c1. The third kappa shape index (κ3) is 4.33. The predicted molar refractivity (Wildman–Crippen MR) is 147 cm³/mol. The molecule has 0 bridgehead atoms. The van der Waals surface area contributed by atoms with Crippen LogP contribution >= 0.6 is 11.3 Å². The number of hydrogen-bond donors (Lipinski definition) is 3. The van der Waals surface area contributed by atoms with E-state index in [0.29, 0.717) is 45.4 Å². The van der Waals surface area contributed by atoms with Gasteiger partial charge in [0.15, 0.2) is 17.3 Å². The summed E-state index contributed by atoms with van der Waals surface area (Å²) in [6.45, 7) is 3.51. The first-order chi connectivity index (χ1) is 18.5. The summed E-state index contributed by atoms with van der Waals surface area (Å²) < 4.78 is 0. The number of Topliss-reactive ketones (excluding diaryl/α,β-unsaturated/α-hetero) is 1. The summed E-state index contributed by atoms with van der Waals surface area (Å²) >= 11 is 1.40. The number of carbonyl (C=O) groups is 2. The Hall–Kier alpha value is -4.77. The van der Waals surface area contributed by atoms with Crippen molar-refractivity contribution in [1.82, 2.24) is 35.1 Å². The first-order valence-electron chi connectivity index (χ1n) is 12.1. The van der Waals surface area contributed by atoms with Gasteiger partial charge in [0.05, 0.1) is 32.5 Å². The van der Waals surface area contributed by atoms with E-state index in [0.717, 1.165) is 33.3 Å². The second-order valence-electron chi connectivity index (χ2n) is 8.82. The summed E-state index contributed by atoms with van der Waals surface area (Å²) in [6, 6.07) is 9.41. The molecule has 6 aromatic heterocycles. The fourth-order valence-electron chi connectivity index (χ4n) is 4.24. The molecule has 0 saturated carbocycles. The Kier molecular flexibility index (Phi) is 5.97. The van der Waals surface area contributed by atoms with E-state index in [1.807, 2.05) is 37.3 Å². The quantitative estimate of drug-likeness (QED) is 0.231. The second-order valence-corrected chi connectivity index (χ2v) is 9.90. The minimum atomic E-state index is -0.0454. The number of carbonyl (C=O) groups excluding carboxylic acids is 2. The fraction of sp³-hybridized carbons (Fsp3) is 0.148. The molecule has 0 saturated heterocycles. The highest BCUT2D eigenvalue weighted by molar-refractivity contribution is 7.17. The van der Waals surface area contributed by atoms with Crippen LogP contribution in [0.3, 0.4) is 0 Å². The Morgan fingerprint density at radius 1 is 1.05 bits per heavy atom. The van der Waals surface area contributed by atoms with Crippen LogP contribution in [0.4, 0.5) is 5.69 Å². The Morgan fingerprint density at radius 2 is 1.92 bits per heavy atom. The maximum atomic E-state index is 12.0. The average Bonchev–Trinajstić information content (AvgIpc) is 3.66. The third-order valence-corrected chi connectivity index (χ3v) is 7.26. The number of ketones is 1. The van der Waals surface area contributed by atoms with Crippen LogP contribution < -0.4 is 5.32 Å². The zero-order valence-electron chi connectivity index (χ0n) is 20.6. The number of H-pyrrole nitrogens is 2. The largest absolute Gasteiger partial charge is 0.337 e. The van der Waals surface area contributed by atoms with Gasteiger partial charge in [-0.15, -0.1) is 11.3 Å². The number of anilines is 1. The Balaban J connectivity index is 1.39. The van der Waals surface area contributed by atoms with E-state index >= 15 is 0 Å². The summed E-state index contributed by atoms with van der Waals surface area (Å²) in [4.78, 5) is 46.9. The van der Waals surface area contributed by atoms with Gasteiger partial charge in [-0.3, -0.25) is 24.7 Å². The lowest BCUT2D eigenvalue weighted by Gasteiger charge is -2.07. The molecule has 0 aromatic carbocycles. The molecule has 10 nitrogen and oxygen atoms in total. The van der Waals surface area contributed by atoms with Crippen molar-refractivity contribution in [3.63, 3.8) is 0 Å². The van der Waals surface area contributed by atoms with Crippen molar-refractivity contribution < 1.29 is 9.59 Å². The van der Waals surface area contributed by atoms with E-state index in [4.69, 9.17) is 4.98 Å². The van der Waals surface area contributed by atoms with Gasteiger partial charge in [-0.05, 0) is 43.7 Å². The zero-order valence-corrected chi connectivity index (χ0v) is 21.4. The normalized spacial score (nSPS) is 11.3. The molecule has 1 amide bonds. The van der Waals surface area contributed by atoms with E-state index in [9.17, 15) is 9.59 Å². The number of nitrogens with zero attached hydrogens (tertiary/aromatic N) is 5. The highest BCUT2D eigenvalue weighted by Crippen LogP contribution is 2.34. The molecule has 11 heteroatoms. The number of aromatic nitrogens is 7. The first kappa shape index (κ1) is 23.6. The highest BCUT2D eigenvalue weighted by Gasteiger charge is 2.18. The maximum absolute atomic E-state index is 12.0. The van der Waals surface area contributed by atoms with Gasteiger partial charge >= 0.3 is 0 Å². The monoisotopic (exact) mass is 522 g/mol. The molecular formula is C27H22N8O2S. The number of nitrogens with one attached hydrogen (secondary N) is 3. The van der Waals surface area contributed by atoms with E-state index in [1.54, 1.807) is 31.7 Å². The summed E-state index contributed by atoms with van der Waals surface area (Å²) in [5.41, 5.74) is 5.73. The van der Waals surface area contributed by atoms with Crippen LogP contribution in [0.1, 0.15) is 36.4 Å². The molecule has 0 fully saturated rings. The lowest BCUT2D eigenvalue weighted by Crippen LogP contribution is -2.10. The molecular weight excluding hydrogens is 500 g/mol. The Morgan fingerprint density at radius 3 is 2.74 bits per heavy atom. The topological polar surface area (TPSA) is 142 Å². The number of thiophene rings is 1. The molecule has 6 rings (SSSR count). The maximum Gasteiger partial charge on any atom is 0.224 e. The first-order valence-corrected chi connectivity index (χ1v) is 12.9. The van der Waals surface area contributed by atoms with Crippen molar-refractivity contribution in [2.75, 3.05) is 5.32 Å². The van der Waals surface area contributed by atoms with E-state index < -0.39 is 0 Å². The average molecular weight is 523 g/mol. The van der Waals surface area contributed by atoms with Crippen LogP contribution in [0.5, 0.6) is 0 Å². The zero-order chi connectivity index (χ0) is 26.2. The summed E-state index contributed by atoms with van der Waals surface area (Å²) in [5.74, 6) is 0.571. The minimum Gasteiger partial charge on any atom is -0.337 e. The van der Waals surface area contributed by atoms with Crippen LogP contribution in [-0.2, 0) is 4.79 Å². The van der Waals surface area contributed by atoms with Gasteiger partial charge in [0.1, 0.15) is 16.9 Å². The predicted octanol–water partition coefficient (Wildman–Crippen LogP) is 5.63. The van der Waals surface area contributed by atoms with Gasteiger partial charge in [-0.2, -0.15) is 5.10 Å². The summed E-state index contributed by atoms with van der Waals surface area (Å²) in [5, 5.41) is 11.1. The highest BCUT2D eigenvalue weighted by atomic mass is 32.1. The fourth-order valence-corrected chi connectivity index (χ4v) is 5.14. The van der Waals surface area contributed by atoms with Crippen LogP contribution in [0.25, 0.3) is 55.3 Å². The molecule has 0 atom stereocenters. The summed E-state index contributed by atoms with van der Waals surface area (Å²) in [6.07, 6.45) is 8.03. The van der Waals surface area contributed by atoms with E-state index in [2.05, 4.69) is 35.5 Å². The van der Waals surface area contributed by atoms with Gasteiger partial charge in [0.25, 0.3) is 0 Å². The molecule has 38 heavy (non-hydrogen) atoms. The number of pyridine rings is 3. The number of hydrogen-bond acceptors (Lipinski definition) is 8. The number of aromatic amines is 2. The molecule has 0 radical (unpaired) electrons. The minimum absolute atomic E-state index is 0.0208. The van der Waals surface area contributed by atoms with Crippen molar-refractivity contribution in [3.05, 3.63) is 60.0 Å². The summed E-state index contributed by atoms with van der Waals surface area (Å²) in [7, 11) is 0. The molecule has 6 heterocycles. The third-order valence-electron chi connectivity index (χ3n) is 6.07. The van der Waals surface area contributed by atoms with Crippen LogP contribution in [0, 0.1) is 0 Å². The van der Waals surface area contributed by atoms with Crippen molar-refractivity contribution in [1.29, 1.82) is 0 Å². The van der Waals surface area contributed by atoms with E-state index in [-0.39, 0.29) is 11.7 Å². The van der Waals surface area contributed by atoms with Crippen LogP contribution in [0.15, 0.2) is 55.1 Å². The van der Waals surface area contributed by atoms with Crippen molar-refractivity contribution >= 4 is 50.8 Å². The number of imidazole rings is 1. The molecule has 0 aliphatic carbocycles. The number of rotatable bonds is 7. The molecule has 0 aliphatic heterocycles. The van der Waals surface area contributed by atoms with Gasteiger partial charge in [-0.25, -0.2) is 9.97 Å². The smallest absolute Gasteiger partial charge is 0.224 e. The van der Waals surface area contributed by atoms with Crippen molar-refractivity contribution in [3.8, 4) is 33.2 Å². The Bertz CT molecular complexity index is 1830. The van der Waals surface area contributed by atoms with Crippen molar-refractivity contribution in [2.45, 2.75) is 26.7 Å². The lowest BCUT2D eigenvalue weighted by atomic mass is 10.1. The number of fused-ring (bicyclic) bond motifs is 2. The molecule has 0 unspecified atom stereocenters. The van der Waals surface area contributed by atoms with E-state index in [1.165, 1.54) is 11.3 Å². The molecule has 0 spiro atoms.